The van der Waals surface area contributed by atoms with Crippen LogP contribution in [0.4, 0.5) is 11.6 Å². The van der Waals surface area contributed by atoms with E-state index in [4.69, 9.17) is 33.7 Å². The van der Waals surface area contributed by atoms with Gasteiger partial charge >= 0.3 is 5.97 Å². The quantitative estimate of drug-likeness (QED) is 0.125. The van der Waals surface area contributed by atoms with Crippen molar-refractivity contribution in [1.82, 2.24) is 15.0 Å². The molecule has 0 amide bonds. The van der Waals surface area contributed by atoms with Gasteiger partial charge in [0.25, 0.3) is 0 Å². The van der Waals surface area contributed by atoms with E-state index >= 15 is 0 Å². The number of nitrogens with zero attached hydrogens (tertiary/aromatic N) is 4. The first-order valence-corrected chi connectivity index (χ1v) is 17.5. The third-order valence-electron chi connectivity index (χ3n) is 9.96. The molecule has 2 aromatic rings. The molecule has 4 aliphatic carbocycles. The highest BCUT2D eigenvalue weighted by Crippen LogP contribution is 2.69. The summed E-state index contributed by atoms with van der Waals surface area (Å²) in [5.41, 5.74) is 0.606. The number of ether oxygens (including phenoxy) is 5. The monoisotopic (exact) mass is 649 g/mol. The van der Waals surface area contributed by atoms with Crippen molar-refractivity contribution in [2.45, 2.75) is 63.9 Å². The van der Waals surface area contributed by atoms with Crippen LogP contribution in [0.1, 0.15) is 58.3 Å². The van der Waals surface area contributed by atoms with Gasteiger partial charge in [-0.25, -0.2) is 9.97 Å². The first kappa shape index (κ1) is 33.8. The van der Waals surface area contributed by atoms with Gasteiger partial charge in [-0.1, -0.05) is 18.2 Å². The van der Waals surface area contributed by atoms with Crippen molar-refractivity contribution in [2.75, 3.05) is 82.7 Å². The maximum absolute atomic E-state index is 12.5. The van der Waals surface area contributed by atoms with Crippen molar-refractivity contribution in [2.24, 2.45) is 17.3 Å². The molecule has 47 heavy (non-hydrogen) atoms. The smallest absolute Gasteiger partial charge is 0.308 e. The largest absolute Gasteiger partial charge is 0.459 e. The molecule has 0 radical (unpaired) electrons. The van der Waals surface area contributed by atoms with Crippen LogP contribution < -0.4 is 10.2 Å². The highest BCUT2D eigenvalue weighted by Gasteiger charge is 2.70. The number of nitrogens with one attached hydrogen (secondary N) is 1. The van der Waals surface area contributed by atoms with Crippen molar-refractivity contribution in [3.63, 3.8) is 0 Å². The summed E-state index contributed by atoms with van der Waals surface area (Å²) in [5.74, 6) is 3.68. The van der Waals surface area contributed by atoms with Gasteiger partial charge in [0.15, 0.2) is 5.82 Å². The minimum atomic E-state index is -0.308. The van der Waals surface area contributed by atoms with E-state index in [2.05, 4.69) is 33.4 Å². The molecule has 2 unspecified atom stereocenters. The van der Waals surface area contributed by atoms with E-state index in [1.807, 2.05) is 25.1 Å². The Morgan fingerprint density at radius 1 is 0.936 bits per heavy atom. The maximum Gasteiger partial charge on any atom is 0.308 e. The Labute approximate surface area is 278 Å². The Hall–Kier alpha value is -3.12. The Balaban J connectivity index is 0.923. The van der Waals surface area contributed by atoms with E-state index < -0.39 is 0 Å². The summed E-state index contributed by atoms with van der Waals surface area (Å²) in [7, 11) is 0. The number of hydrogen-bond donors (Lipinski definition) is 1. The molecular formula is C36H51N5O6. The number of fused-ring (bicyclic) bond motifs is 1. The first-order chi connectivity index (χ1) is 23.1. The van der Waals surface area contributed by atoms with Gasteiger partial charge in [0, 0.05) is 38.5 Å². The lowest BCUT2D eigenvalue weighted by Gasteiger charge is -2.69. The molecule has 11 heteroatoms. The molecule has 2 aromatic heterocycles. The lowest BCUT2D eigenvalue weighted by Crippen LogP contribution is -2.71. The number of anilines is 2. The third-order valence-corrected chi connectivity index (χ3v) is 9.96. The molecular weight excluding hydrogens is 598 g/mol. The molecule has 1 aliphatic heterocycles. The third kappa shape index (κ3) is 9.07. The lowest BCUT2D eigenvalue weighted by molar-refractivity contribution is -0.268. The Morgan fingerprint density at radius 2 is 1.68 bits per heavy atom. The summed E-state index contributed by atoms with van der Waals surface area (Å²) in [6.45, 7) is 8.91. The van der Waals surface area contributed by atoms with Gasteiger partial charge in [-0.3, -0.25) is 9.78 Å². The van der Waals surface area contributed by atoms with E-state index in [-0.39, 0.29) is 23.4 Å². The van der Waals surface area contributed by atoms with Crippen LogP contribution in [0.25, 0.3) is 11.5 Å². The number of carbonyl (C=O) groups excluding carboxylic acids is 1. The van der Waals surface area contributed by atoms with Gasteiger partial charge in [0.05, 0.1) is 52.7 Å². The van der Waals surface area contributed by atoms with Crippen LogP contribution in [0.2, 0.25) is 0 Å². The zero-order valence-corrected chi connectivity index (χ0v) is 27.9. The van der Waals surface area contributed by atoms with Gasteiger partial charge in [0.2, 0.25) is 0 Å². The molecule has 0 spiro atoms. The Kier molecular flexibility index (Phi) is 11.7. The van der Waals surface area contributed by atoms with Gasteiger partial charge in [0.1, 0.15) is 22.9 Å². The number of pyridine rings is 1. The lowest BCUT2D eigenvalue weighted by atomic mass is 9.41. The number of aromatic nitrogens is 3. The normalized spacial score (nSPS) is 26.1. The molecule has 3 saturated carbocycles. The highest BCUT2D eigenvalue weighted by atomic mass is 16.6. The Morgan fingerprint density at radius 3 is 2.43 bits per heavy atom. The van der Waals surface area contributed by atoms with Crippen molar-refractivity contribution in [3.8, 4) is 11.5 Å². The number of carbonyl (C=O) groups is 1. The average molecular weight is 650 g/mol. The molecule has 256 valence electrons. The maximum atomic E-state index is 12.5. The average Bonchev–Trinajstić information content (AvgIpc) is 3.29. The standard InChI is InChI=1S/C36H51N5O6/c1-2-43-17-18-45-21-22-46-20-19-44-16-12-33(42)47-36-24-35(25-36,26-36)27-38-31-23-32(40-34(39-31)30-9-5-6-13-37-30)41-14-10-28-7-3-4-8-29(28)11-15-41/h3,5-7,9,13,23,28-29H,2,4,8,10-12,14-22,24-27H2,1H3,(H,38,39,40). The fraction of sp³-hybridized carbons (Fsp3) is 0.667. The highest BCUT2D eigenvalue weighted by molar-refractivity contribution is 5.70. The number of rotatable bonds is 19. The molecule has 5 aliphatic rings. The molecule has 2 bridgehead atoms. The predicted octanol–water partition coefficient (Wildman–Crippen LogP) is 5.08. The van der Waals surface area contributed by atoms with Gasteiger partial charge in [-0.05, 0) is 81.3 Å². The van der Waals surface area contributed by atoms with Crippen molar-refractivity contribution in [3.05, 3.63) is 42.6 Å². The van der Waals surface area contributed by atoms with Crippen LogP contribution in [0.15, 0.2) is 42.6 Å². The van der Waals surface area contributed by atoms with E-state index in [9.17, 15) is 4.79 Å². The van der Waals surface area contributed by atoms with Crippen LogP contribution >= 0.6 is 0 Å². The number of allylic oxidation sites excluding steroid dienone is 2. The Bertz CT molecular complexity index is 1310. The molecule has 2 atom stereocenters. The van der Waals surface area contributed by atoms with Gasteiger partial charge in [-0.15, -0.1) is 0 Å². The van der Waals surface area contributed by atoms with E-state index in [1.165, 1.54) is 19.3 Å². The fourth-order valence-electron chi connectivity index (χ4n) is 7.63. The van der Waals surface area contributed by atoms with Crippen LogP contribution in [-0.4, -0.2) is 99.0 Å². The summed E-state index contributed by atoms with van der Waals surface area (Å²) >= 11 is 0. The molecule has 11 nitrogen and oxygen atoms in total. The second kappa shape index (κ2) is 16.3. The molecule has 0 aromatic carbocycles. The second-order valence-corrected chi connectivity index (χ2v) is 13.5. The van der Waals surface area contributed by atoms with Crippen LogP contribution in [0.5, 0.6) is 0 Å². The van der Waals surface area contributed by atoms with Crippen LogP contribution in [-0.2, 0) is 28.5 Å². The molecule has 1 saturated heterocycles. The van der Waals surface area contributed by atoms with Crippen molar-refractivity contribution < 1.29 is 28.5 Å². The molecule has 3 heterocycles. The predicted molar refractivity (Wildman–Crippen MR) is 179 cm³/mol. The van der Waals surface area contributed by atoms with Crippen molar-refractivity contribution >= 4 is 17.6 Å². The minimum absolute atomic E-state index is 0.141. The number of hydrogen-bond acceptors (Lipinski definition) is 11. The summed E-state index contributed by atoms with van der Waals surface area (Å²) in [5, 5.41) is 3.63. The molecule has 1 N–H and O–H groups in total. The summed E-state index contributed by atoms with van der Waals surface area (Å²) in [4.78, 5) is 29.3. The van der Waals surface area contributed by atoms with Crippen molar-refractivity contribution in [1.29, 1.82) is 0 Å². The minimum Gasteiger partial charge on any atom is -0.459 e. The summed E-state index contributed by atoms with van der Waals surface area (Å²) < 4.78 is 27.6. The van der Waals surface area contributed by atoms with E-state index in [1.54, 1.807) is 6.20 Å². The second-order valence-electron chi connectivity index (χ2n) is 13.5. The SMILES string of the molecule is CCOCCOCCOCCOCCC(=O)OC12CC(CNc3cc(N4CCC5C=CCCC5CC4)nc(-c4ccccn4)n3)(C1)C2. The number of esters is 1. The summed E-state index contributed by atoms with van der Waals surface area (Å²) in [6, 6.07) is 7.95. The topological polar surface area (TPSA) is 117 Å². The molecule has 4 fully saturated rings. The first-order valence-electron chi connectivity index (χ1n) is 17.5. The zero-order chi connectivity index (χ0) is 32.4. The van der Waals surface area contributed by atoms with Crippen LogP contribution in [0.3, 0.4) is 0 Å². The zero-order valence-electron chi connectivity index (χ0n) is 27.9. The van der Waals surface area contributed by atoms with E-state index in [0.717, 1.165) is 68.6 Å². The van der Waals surface area contributed by atoms with E-state index in [0.29, 0.717) is 64.6 Å². The fourth-order valence-corrected chi connectivity index (χ4v) is 7.63. The summed E-state index contributed by atoms with van der Waals surface area (Å²) in [6.07, 6.45) is 14.3. The van der Waals surface area contributed by atoms with Gasteiger partial charge < -0.3 is 33.9 Å². The van der Waals surface area contributed by atoms with Gasteiger partial charge in [-0.2, -0.15) is 0 Å². The molecule has 7 rings (SSSR count). The van der Waals surface area contributed by atoms with Crippen LogP contribution in [0, 0.1) is 17.3 Å².